The number of carbonyl (C=O) groups is 2. The lowest BCUT2D eigenvalue weighted by molar-refractivity contribution is -0.141. The van der Waals surface area contributed by atoms with Crippen molar-refractivity contribution >= 4 is 35.0 Å². The lowest BCUT2D eigenvalue weighted by Crippen LogP contribution is -2.53. The number of carboxylic acid groups (broad SMARTS) is 1. The monoisotopic (exact) mass is 543 g/mol. The van der Waals surface area contributed by atoms with Gasteiger partial charge in [0.25, 0.3) is 0 Å². The average molecular weight is 544 g/mol. The molecule has 2 heterocycles. The maximum Gasteiger partial charge on any atom is 0.404 e. The van der Waals surface area contributed by atoms with Gasteiger partial charge in [-0.1, -0.05) is 12.2 Å². The first-order chi connectivity index (χ1) is 18.4. The Hall–Kier alpha value is -3.34. The van der Waals surface area contributed by atoms with Gasteiger partial charge in [0.05, 0.1) is 31.9 Å². The fraction of sp³-hybridized carbons (Fsp3) is 0.556. The number of thiocarbonyl (C=S) groups is 1. The molecular weight excluding hydrogens is 506 g/mol. The molecule has 0 aromatic heterocycles. The molecule has 1 saturated heterocycles. The van der Waals surface area contributed by atoms with Gasteiger partial charge in [0.15, 0.2) is 16.6 Å². The summed E-state index contributed by atoms with van der Waals surface area (Å²) < 4.78 is 10.9. The highest BCUT2D eigenvalue weighted by atomic mass is 32.1. The van der Waals surface area contributed by atoms with Crippen molar-refractivity contribution in [2.45, 2.75) is 44.6 Å². The standard InChI is InChI=1S/C27H37N5O5S/c1-36-22-10-9-18(17-23(22)37-2)24-20-7-3-4-8-21(20)25(33)32(30-24)19-11-15-31(16-12-19)26(38)28-13-5-6-14-29-27(34)35/h3-4,9-10,17,19-21,29H,5-8,11-16H2,1-2H3,(H,28,38)(H,34,35). The Labute approximate surface area is 229 Å². The third-order valence-corrected chi connectivity index (χ3v) is 7.88. The predicted octanol–water partition coefficient (Wildman–Crippen LogP) is 3.22. The van der Waals surface area contributed by atoms with Crippen LogP contribution in [0.4, 0.5) is 4.79 Å². The number of nitrogens with one attached hydrogen (secondary N) is 2. The molecule has 1 fully saturated rings. The average Bonchev–Trinajstić information content (AvgIpc) is 2.94. The van der Waals surface area contributed by atoms with Gasteiger partial charge in [-0.05, 0) is 68.9 Å². The van der Waals surface area contributed by atoms with E-state index in [1.165, 1.54) is 0 Å². The summed E-state index contributed by atoms with van der Waals surface area (Å²) in [7, 11) is 3.24. The van der Waals surface area contributed by atoms with E-state index in [0.29, 0.717) is 29.7 Å². The van der Waals surface area contributed by atoms with E-state index in [2.05, 4.69) is 27.7 Å². The smallest absolute Gasteiger partial charge is 0.404 e. The number of hydrazone groups is 1. The molecule has 3 N–H and O–H groups in total. The van der Waals surface area contributed by atoms with Crippen molar-refractivity contribution in [1.29, 1.82) is 0 Å². The highest BCUT2D eigenvalue weighted by molar-refractivity contribution is 7.80. The number of fused-ring (bicyclic) bond motifs is 1. The molecule has 2 unspecified atom stereocenters. The molecule has 1 aromatic carbocycles. The Morgan fingerprint density at radius 3 is 2.37 bits per heavy atom. The number of piperidine rings is 1. The molecule has 0 radical (unpaired) electrons. The number of allylic oxidation sites excluding steroid dienone is 2. The number of hydrogen-bond acceptors (Lipinski definition) is 6. The molecule has 0 bridgehead atoms. The van der Waals surface area contributed by atoms with Crippen molar-refractivity contribution in [3.63, 3.8) is 0 Å². The number of ether oxygens (including phenoxy) is 2. The molecule has 0 saturated carbocycles. The summed E-state index contributed by atoms with van der Waals surface area (Å²) in [6.45, 7) is 2.62. The van der Waals surface area contributed by atoms with Crippen molar-refractivity contribution in [2.24, 2.45) is 16.9 Å². The lowest BCUT2D eigenvalue weighted by Gasteiger charge is -2.43. The minimum atomic E-state index is -1.00. The minimum absolute atomic E-state index is 0.0191. The molecule has 0 spiro atoms. The predicted molar refractivity (Wildman–Crippen MR) is 149 cm³/mol. The van der Waals surface area contributed by atoms with E-state index in [1.807, 2.05) is 18.2 Å². The second-order valence-corrected chi connectivity index (χ2v) is 10.2. The van der Waals surface area contributed by atoms with Crippen molar-refractivity contribution < 1.29 is 24.2 Å². The number of hydrogen-bond donors (Lipinski definition) is 3. The lowest BCUT2D eigenvalue weighted by atomic mass is 9.76. The SMILES string of the molecule is COc1ccc(C2=NN(C3CCN(C(=S)NCCCCNC(=O)O)CC3)C(=O)C3CC=CCC23)cc1OC. The van der Waals surface area contributed by atoms with Gasteiger partial charge >= 0.3 is 6.09 Å². The number of rotatable bonds is 9. The largest absolute Gasteiger partial charge is 0.493 e. The van der Waals surface area contributed by atoms with Gasteiger partial charge in [-0.2, -0.15) is 5.10 Å². The first-order valence-electron chi connectivity index (χ1n) is 13.2. The normalized spacial score (nSPS) is 21.4. The number of carbonyl (C=O) groups excluding carboxylic acids is 1. The Bertz CT molecular complexity index is 1090. The summed E-state index contributed by atoms with van der Waals surface area (Å²) in [6.07, 6.45) is 7.91. The van der Waals surface area contributed by atoms with E-state index in [1.54, 1.807) is 19.2 Å². The Morgan fingerprint density at radius 2 is 1.71 bits per heavy atom. The number of methoxy groups -OCH3 is 2. The summed E-state index contributed by atoms with van der Waals surface area (Å²) in [5.41, 5.74) is 1.88. The van der Waals surface area contributed by atoms with E-state index in [-0.39, 0.29) is 23.8 Å². The fourth-order valence-corrected chi connectivity index (χ4v) is 5.68. The summed E-state index contributed by atoms with van der Waals surface area (Å²) in [6, 6.07) is 5.85. The van der Waals surface area contributed by atoms with Crippen LogP contribution in [0, 0.1) is 11.8 Å². The quantitative estimate of drug-likeness (QED) is 0.247. The number of amides is 2. The van der Waals surface area contributed by atoms with E-state index in [4.69, 9.17) is 31.9 Å². The van der Waals surface area contributed by atoms with Crippen molar-refractivity contribution in [3.05, 3.63) is 35.9 Å². The van der Waals surface area contributed by atoms with E-state index in [9.17, 15) is 9.59 Å². The van der Waals surface area contributed by atoms with Crippen molar-refractivity contribution in [2.75, 3.05) is 40.4 Å². The third kappa shape index (κ3) is 6.38. The fourth-order valence-electron chi connectivity index (χ4n) is 5.39. The number of benzene rings is 1. The zero-order valence-corrected chi connectivity index (χ0v) is 22.8. The van der Waals surface area contributed by atoms with Gasteiger partial charge in [0, 0.05) is 37.7 Å². The zero-order chi connectivity index (χ0) is 27.1. The summed E-state index contributed by atoms with van der Waals surface area (Å²) in [5, 5.41) is 21.7. The molecule has 4 rings (SSSR count). The van der Waals surface area contributed by atoms with Crippen LogP contribution in [0.5, 0.6) is 11.5 Å². The molecule has 206 valence electrons. The summed E-state index contributed by atoms with van der Waals surface area (Å²) in [4.78, 5) is 26.2. The van der Waals surface area contributed by atoms with Crippen LogP contribution >= 0.6 is 12.2 Å². The van der Waals surface area contributed by atoms with E-state index >= 15 is 0 Å². The number of nitrogens with zero attached hydrogens (tertiary/aromatic N) is 3. The van der Waals surface area contributed by atoms with Gasteiger partial charge < -0.3 is 30.1 Å². The van der Waals surface area contributed by atoms with Gasteiger partial charge in [0.1, 0.15) is 0 Å². The van der Waals surface area contributed by atoms with E-state index < -0.39 is 6.09 Å². The summed E-state index contributed by atoms with van der Waals surface area (Å²) in [5.74, 6) is 1.35. The molecule has 38 heavy (non-hydrogen) atoms. The Morgan fingerprint density at radius 1 is 1.05 bits per heavy atom. The third-order valence-electron chi connectivity index (χ3n) is 7.47. The molecule has 11 heteroatoms. The Balaban J connectivity index is 1.41. The highest BCUT2D eigenvalue weighted by Crippen LogP contribution is 2.38. The molecule has 2 atom stereocenters. The number of likely N-dealkylation sites (tertiary alicyclic amines) is 1. The molecule has 1 aliphatic carbocycles. The van der Waals surface area contributed by atoms with Crippen LogP contribution in [0.2, 0.25) is 0 Å². The Kier molecular flexibility index (Phi) is 9.43. The molecule has 10 nitrogen and oxygen atoms in total. The molecule has 2 amide bonds. The van der Waals surface area contributed by atoms with Gasteiger partial charge in [-0.25, -0.2) is 9.80 Å². The van der Waals surface area contributed by atoms with Crippen LogP contribution in [0.25, 0.3) is 0 Å². The second kappa shape index (κ2) is 12.9. The molecular formula is C27H37N5O5S. The minimum Gasteiger partial charge on any atom is -0.493 e. The van der Waals surface area contributed by atoms with Crippen LogP contribution < -0.4 is 20.1 Å². The van der Waals surface area contributed by atoms with Crippen LogP contribution in [0.1, 0.15) is 44.1 Å². The van der Waals surface area contributed by atoms with Gasteiger partial charge in [-0.15, -0.1) is 0 Å². The maximum atomic E-state index is 13.6. The summed E-state index contributed by atoms with van der Waals surface area (Å²) >= 11 is 5.58. The maximum absolute atomic E-state index is 13.6. The van der Waals surface area contributed by atoms with E-state index in [0.717, 1.165) is 62.9 Å². The van der Waals surface area contributed by atoms with Crippen LogP contribution in [0.3, 0.4) is 0 Å². The van der Waals surface area contributed by atoms with Crippen LogP contribution in [-0.2, 0) is 4.79 Å². The molecule has 2 aliphatic heterocycles. The molecule has 1 aromatic rings. The topological polar surface area (TPSA) is 116 Å². The van der Waals surface area contributed by atoms with Gasteiger partial charge in [-0.3, -0.25) is 4.79 Å². The van der Waals surface area contributed by atoms with Crippen LogP contribution in [0.15, 0.2) is 35.5 Å². The second-order valence-electron chi connectivity index (χ2n) is 9.78. The first kappa shape index (κ1) is 27.7. The zero-order valence-electron chi connectivity index (χ0n) is 22.0. The van der Waals surface area contributed by atoms with Crippen molar-refractivity contribution in [3.8, 4) is 11.5 Å². The first-order valence-corrected chi connectivity index (χ1v) is 13.6. The molecule has 3 aliphatic rings. The van der Waals surface area contributed by atoms with Gasteiger partial charge in [0.2, 0.25) is 5.91 Å². The van der Waals surface area contributed by atoms with Crippen molar-refractivity contribution in [1.82, 2.24) is 20.5 Å². The highest BCUT2D eigenvalue weighted by Gasteiger charge is 2.43. The number of unbranched alkanes of at least 4 members (excludes halogenated alkanes) is 1. The van der Waals surface area contributed by atoms with Crippen LogP contribution in [-0.4, -0.2) is 84.3 Å².